The number of carbonyl (C=O) groups is 4. The maximum Gasteiger partial charge on any atom is 0.335 e. The lowest BCUT2D eigenvalue weighted by Crippen LogP contribution is -2.49. The Bertz CT molecular complexity index is 1760. The second kappa shape index (κ2) is 12.8. The molecular formula is C29H22ClN7O6. The lowest BCUT2D eigenvalue weighted by molar-refractivity contribution is -0.137. The number of furan rings is 1. The van der Waals surface area contributed by atoms with Gasteiger partial charge < -0.3 is 25.5 Å². The molecule has 0 aliphatic heterocycles. The van der Waals surface area contributed by atoms with Crippen LogP contribution in [0.15, 0.2) is 96.1 Å². The SMILES string of the molecule is O=C(Nc1cc(Cl)ccc1-n1cnnn1)C(=O)N[C@@H](Cc1ccc(-c2ccoc2)cc1)C(=O)Nc1ccc(C(=O)O)cc1. The molecule has 5 rings (SSSR count). The van der Waals surface area contributed by atoms with Crippen LogP contribution in [0.1, 0.15) is 15.9 Å². The highest BCUT2D eigenvalue weighted by atomic mass is 35.5. The van der Waals surface area contributed by atoms with Gasteiger partial charge in [-0.15, -0.1) is 5.10 Å². The number of aromatic nitrogens is 4. The van der Waals surface area contributed by atoms with E-state index in [-0.39, 0.29) is 22.7 Å². The monoisotopic (exact) mass is 599 g/mol. The molecule has 0 radical (unpaired) electrons. The number of anilines is 2. The van der Waals surface area contributed by atoms with E-state index in [1.165, 1.54) is 41.3 Å². The number of carboxylic acid groups (broad SMARTS) is 1. The van der Waals surface area contributed by atoms with E-state index in [4.69, 9.17) is 21.1 Å². The van der Waals surface area contributed by atoms with Crippen molar-refractivity contribution in [2.45, 2.75) is 12.5 Å². The summed E-state index contributed by atoms with van der Waals surface area (Å²) in [5, 5.41) is 28.0. The van der Waals surface area contributed by atoms with Crippen LogP contribution in [0.2, 0.25) is 5.02 Å². The first kappa shape index (κ1) is 28.7. The summed E-state index contributed by atoms with van der Waals surface area (Å²) in [7, 11) is 0. The Kier molecular flexibility index (Phi) is 8.53. The zero-order valence-electron chi connectivity index (χ0n) is 22.1. The summed E-state index contributed by atoms with van der Waals surface area (Å²) in [5.41, 5.74) is 3.32. The Labute approximate surface area is 248 Å². The molecule has 0 saturated carbocycles. The predicted octanol–water partition coefficient (Wildman–Crippen LogP) is 3.58. The molecule has 0 spiro atoms. The summed E-state index contributed by atoms with van der Waals surface area (Å²) in [5.74, 6) is -3.88. The summed E-state index contributed by atoms with van der Waals surface area (Å²) in [6.07, 6.45) is 4.50. The Morgan fingerprint density at radius 1 is 0.907 bits per heavy atom. The minimum absolute atomic E-state index is 0.0385. The van der Waals surface area contributed by atoms with Crippen LogP contribution in [0.3, 0.4) is 0 Å². The number of amides is 3. The maximum absolute atomic E-state index is 13.3. The lowest BCUT2D eigenvalue weighted by atomic mass is 10.0. The van der Waals surface area contributed by atoms with Crippen LogP contribution in [0, 0.1) is 0 Å². The van der Waals surface area contributed by atoms with Crippen molar-refractivity contribution in [1.82, 2.24) is 25.5 Å². The molecule has 0 unspecified atom stereocenters. The Balaban J connectivity index is 1.34. The van der Waals surface area contributed by atoms with Gasteiger partial charge in [0.1, 0.15) is 12.4 Å². The first-order chi connectivity index (χ1) is 20.8. The van der Waals surface area contributed by atoms with E-state index in [2.05, 4.69) is 31.5 Å². The highest BCUT2D eigenvalue weighted by Gasteiger charge is 2.26. The summed E-state index contributed by atoms with van der Waals surface area (Å²) >= 11 is 6.10. The first-order valence-electron chi connectivity index (χ1n) is 12.7. The average Bonchev–Trinajstić information content (AvgIpc) is 3.73. The number of halogens is 1. The van der Waals surface area contributed by atoms with Gasteiger partial charge in [-0.05, 0) is 70.1 Å². The fraction of sp³-hybridized carbons (Fsp3) is 0.0690. The number of carbonyl (C=O) groups excluding carboxylic acids is 3. The maximum atomic E-state index is 13.3. The van der Waals surface area contributed by atoms with Gasteiger partial charge in [0.15, 0.2) is 0 Å². The molecule has 0 aliphatic rings. The number of aromatic carboxylic acids is 1. The van der Waals surface area contributed by atoms with Crippen LogP contribution in [0.25, 0.3) is 16.8 Å². The molecule has 43 heavy (non-hydrogen) atoms. The van der Waals surface area contributed by atoms with Crippen molar-refractivity contribution in [2.24, 2.45) is 0 Å². The normalized spacial score (nSPS) is 11.4. The van der Waals surface area contributed by atoms with Gasteiger partial charge >= 0.3 is 17.8 Å². The third-order valence-corrected chi connectivity index (χ3v) is 6.51. The van der Waals surface area contributed by atoms with Crippen molar-refractivity contribution < 1.29 is 28.7 Å². The van der Waals surface area contributed by atoms with E-state index in [1.807, 2.05) is 18.2 Å². The minimum atomic E-state index is -1.18. The number of nitrogens with one attached hydrogen (secondary N) is 3. The number of benzene rings is 3. The average molecular weight is 600 g/mol. The molecule has 2 heterocycles. The topological polar surface area (TPSA) is 181 Å². The number of rotatable bonds is 9. The highest BCUT2D eigenvalue weighted by Crippen LogP contribution is 2.24. The van der Waals surface area contributed by atoms with Crippen LogP contribution in [-0.2, 0) is 20.8 Å². The van der Waals surface area contributed by atoms with E-state index in [9.17, 15) is 19.2 Å². The second-order valence-corrected chi connectivity index (χ2v) is 9.62. The predicted molar refractivity (Wildman–Crippen MR) is 155 cm³/mol. The van der Waals surface area contributed by atoms with E-state index < -0.39 is 29.7 Å². The fourth-order valence-electron chi connectivity index (χ4n) is 4.12. The molecule has 3 amide bonds. The number of tetrazole rings is 1. The van der Waals surface area contributed by atoms with Gasteiger partial charge in [0.25, 0.3) is 0 Å². The molecular weight excluding hydrogens is 578 g/mol. The molecule has 0 bridgehead atoms. The molecule has 0 fully saturated rings. The summed E-state index contributed by atoms with van der Waals surface area (Å²) in [6.45, 7) is 0. The molecule has 216 valence electrons. The Morgan fingerprint density at radius 3 is 2.33 bits per heavy atom. The summed E-state index contributed by atoms with van der Waals surface area (Å²) in [6, 6.07) is 18.0. The van der Waals surface area contributed by atoms with Gasteiger partial charge in [-0.25, -0.2) is 4.79 Å². The standard InChI is InChI=1S/C29H22ClN7O6/c30-21-7-10-25(37-16-31-35-36-37)23(14-21)33-27(39)28(40)34-24(26(38)32-22-8-5-19(6-9-22)29(41)42)13-17-1-3-18(4-2-17)20-11-12-43-15-20/h1-12,14-16,24H,13H2,(H,32,38)(H,33,39)(H,34,40)(H,41,42)/t24-/m0/s1. The van der Waals surface area contributed by atoms with E-state index >= 15 is 0 Å². The van der Waals surface area contributed by atoms with Gasteiger partial charge in [-0.3, -0.25) is 14.4 Å². The molecule has 4 N–H and O–H groups in total. The molecule has 0 saturated heterocycles. The lowest BCUT2D eigenvalue weighted by Gasteiger charge is -2.19. The van der Waals surface area contributed by atoms with Gasteiger partial charge in [0.05, 0.1) is 29.5 Å². The molecule has 2 aromatic heterocycles. The van der Waals surface area contributed by atoms with E-state index in [1.54, 1.807) is 36.8 Å². The van der Waals surface area contributed by atoms with Crippen LogP contribution in [-0.4, -0.2) is 55.0 Å². The molecule has 3 aromatic carbocycles. The van der Waals surface area contributed by atoms with Crippen molar-refractivity contribution in [3.05, 3.63) is 108 Å². The van der Waals surface area contributed by atoms with E-state index in [0.29, 0.717) is 16.9 Å². The molecule has 5 aromatic rings. The smallest absolute Gasteiger partial charge is 0.335 e. The molecule has 1 atom stereocenters. The molecule has 13 nitrogen and oxygen atoms in total. The zero-order valence-corrected chi connectivity index (χ0v) is 22.9. The highest BCUT2D eigenvalue weighted by molar-refractivity contribution is 6.40. The number of hydrogen-bond acceptors (Lipinski definition) is 8. The largest absolute Gasteiger partial charge is 0.478 e. The first-order valence-corrected chi connectivity index (χ1v) is 13.0. The van der Waals surface area contributed by atoms with Crippen LogP contribution in [0.5, 0.6) is 0 Å². The molecule has 14 heteroatoms. The van der Waals surface area contributed by atoms with Crippen LogP contribution >= 0.6 is 11.6 Å². The van der Waals surface area contributed by atoms with Gasteiger partial charge in [-0.1, -0.05) is 35.9 Å². The number of hydrogen-bond donors (Lipinski definition) is 4. The van der Waals surface area contributed by atoms with Crippen LogP contribution in [0.4, 0.5) is 11.4 Å². The molecule has 0 aliphatic carbocycles. The third kappa shape index (κ3) is 7.10. The summed E-state index contributed by atoms with van der Waals surface area (Å²) in [4.78, 5) is 50.5. The Morgan fingerprint density at radius 2 is 1.67 bits per heavy atom. The second-order valence-electron chi connectivity index (χ2n) is 9.18. The minimum Gasteiger partial charge on any atom is -0.478 e. The third-order valence-electron chi connectivity index (χ3n) is 6.28. The van der Waals surface area contributed by atoms with Crippen molar-refractivity contribution >= 4 is 46.7 Å². The van der Waals surface area contributed by atoms with Crippen molar-refractivity contribution in [3.8, 4) is 16.8 Å². The number of carboxylic acids is 1. The number of nitrogens with zero attached hydrogens (tertiary/aromatic N) is 4. The van der Waals surface area contributed by atoms with Crippen molar-refractivity contribution in [3.63, 3.8) is 0 Å². The zero-order chi connectivity index (χ0) is 30.3. The van der Waals surface area contributed by atoms with Gasteiger partial charge in [0.2, 0.25) is 5.91 Å². The van der Waals surface area contributed by atoms with Crippen LogP contribution < -0.4 is 16.0 Å². The fourth-order valence-corrected chi connectivity index (χ4v) is 4.29. The van der Waals surface area contributed by atoms with Crippen molar-refractivity contribution in [1.29, 1.82) is 0 Å². The quantitative estimate of drug-likeness (QED) is 0.184. The van der Waals surface area contributed by atoms with Crippen molar-refractivity contribution in [2.75, 3.05) is 10.6 Å². The van der Waals surface area contributed by atoms with Gasteiger partial charge in [0, 0.05) is 22.7 Å². The van der Waals surface area contributed by atoms with Gasteiger partial charge in [-0.2, -0.15) is 4.68 Å². The van der Waals surface area contributed by atoms with E-state index in [0.717, 1.165) is 11.1 Å². The summed E-state index contributed by atoms with van der Waals surface area (Å²) < 4.78 is 6.41. The Hall–Kier alpha value is -5.82.